The number of aliphatic hydroxyl groups is 1. The maximum atomic E-state index is 11.6. The molecule has 20 heavy (non-hydrogen) atoms. The van der Waals surface area contributed by atoms with Gasteiger partial charge in [0.1, 0.15) is 0 Å². The third-order valence-corrected chi connectivity index (χ3v) is 3.66. The summed E-state index contributed by atoms with van der Waals surface area (Å²) in [6.45, 7) is 0.860. The first-order valence-corrected chi connectivity index (χ1v) is 6.86. The normalized spacial score (nSPS) is 15.4. The van der Waals surface area contributed by atoms with Crippen molar-refractivity contribution in [3.05, 3.63) is 35.9 Å². The number of carbonyl (C=O) groups excluding carboxylic acids is 2. The number of aliphatic hydroxyl groups excluding tert-OH is 1. The quantitative estimate of drug-likeness (QED) is 0.651. The molecule has 0 spiro atoms. The van der Waals surface area contributed by atoms with E-state index >= 15 is 0 Å². The Balaban J connectivity index is 1.65. The van der Waals surface area contributed by atoms with Crippen LogP contribution in [0.1, 0.15) is 18.4 Å². The Kier molecular flexibility index (Phi) is 4.74. The van der Waals surface area contributed by atoms with Crippen molar-refractivity contribution in [1.29, 1.82) is 0 Å². The summed E-state index contributed by atoms with van der Waals surface area (Å²) in [5.74, 6) is -1.24. The van der Waals surface area contributed by atoms with E-state index in [2.05, 4.69) is 10.6 Å². The van der Waals surface area contributed by atoms with Gasteiger partial charge in [0, 0.05) is 18.5 Å². The van der Waals surface area contributed by atoms with E-state index in [0.29, 0.717) is 19.5 Å². The predicted molar refractivity (Wildman–Crippen MR) is 74.9 cm³/mol. The fourth-order valence-electron chi connectivity index (χ4n) is 1.96. The zero-order valence-corrected chi connectivity index (χ0v) is 11.4. The van der Waals surface area contributed by atoms with Crippen molar-refractivity contribution >= 4 is 11.8 Å². The first kappa shape index (κ1) is 14.5. The molecule has 0 atom stereocenters. The zero-order valence-electron chi connectivity index (χ0n) is 11.4. The fourth-order valence-corrected chi connectivity index (χ4v) is 1.96. The van der Waals surface area contributed by atoms with Crippen molar-refractivity contribution in [3.8, 4) is 0 Å². The van der Waals surface area contributed by atoms with Gasteiger partial charge in [0.05, 0.1) is 6.61 Å². The molecule has 0 heterocycles. The van der Waals surface area contributed by atoms with Crippen LogP contribution in [0.5, 0.6) is 0 Å². The topological polar surface area (TPSA) is 78.4 Å². The first-order chi connectivity index (χ1) is 9.65. The number of rotatable bonds is 6. The summed E-state index contributed by atoms with van der Waals surface area (Å²) >= 11 is 0. The lowest BCUT2D eigenvalue weighted by molar-refractivity contribution is -0.139. The molecule has 2 amide bonds. The highest BCUT2D eigenvalue weighted by atomic mass is 16.3. The third-order valence-electron chi connectivity index (χ3n) is 3.66. The Hall–Kier alpha value is -1.88. The van der Waals surface area contributed by atoms with Crippen LogP contribution in [0.2, 0.25) is 0 Å². The minimum Gasteiger partial charge on any atom is -0.396 e. The predicted octanol–water partition coefficient (Wildman–Crippen LogP) is 0.234. The highest BCUT2D eigenvalue weighted by molar-refractivity contribution is 6.35. The van der Waals surface area contributed by atoms with Gasteiger partial charge in [0.15, 0.2) is 0 Å². The summed E-state index contributed by atoms with van der Waals surface area (Å²) in [5.41, 5.74) is 0.936. The molecule has 1 aromatic rings. The van der Waals surface area contributed by atoms with E-state index in [1.165, 1.54) is 0 Å². The van der Waals surface area contributed by atoms with Crippen molar-refractivity contribution in [3.63, 3.8) is 0 Å². The Morgan fingerprint density at radius 2 is 1.75 bits per heavy atom. The fraction of sp³-hybridized carbons (Fsp3) is 0.467. The summed E-state index contributed by atoms with van der Waals surface area (Å²) in [5, 5.41) is 14.3. The molecule has 1 aliphatic carbocycles. The van der Waals surface area contributed by atoms with Gasteiger partial charge >= 0.3 is 11.8 Å². The SMILES string of the molecule is O=C(NCCc1ccccc1)C(=O)NCC1(CO)CC1. The van der Waals surface area contributed by atoms with Crippen LogP contribution < -0.4 is 10.6 Å². The zero-order chi connectivity index (χ0) is 14.4. The van der Waals surface area contributed by atoms with E-state index < -0.39 is 11.8 Å². The Morgan fingerprint density at radius 3 is 2.35 bits per heavy atom. The van der Waals surface area contributed by atoms with Gasteiger partial charge in [-0.25, -0.2) is 0 Å². The largest absolute Gasteiger partial charge is 0.396 e. The summed E-state index contributed by atoms with van der Waals surface area (Å²) in [4.78, 5) is 23.1. The van der Waals surface area contributed by atoms with E-state index in [-0.39, 0.29) is 12.0 Å². The van der Waals surface area contributed by atoms with Crippen LogP contribution in [0.3, 0.4) is 0 Å². The molecule has 3 N–H and O–H groups in total. The van der Waals surface area contributed by atoms with Crippen molar-refractivity contribution < 1.29 is 14.7 Å². The van der Waals surface area contributed by atoms with Crippen LogP contribution in [-0.4, -0.2) is 36.6 Å². The van der Waals surface area contributed by atoms with Gasteiger partial charge in [-0.2, -0.15) is 0 Å². The van der Waals surface area contributed by atoms with Crippen LogP contribution in [0.15, 0.2) is 30.3 Å². The molecule has 108 valence electrons. The van der Waals surface area contributed by atoms with Gasteiger partial charge in [0.2, 0.25) is 0 Å². The van der Waals surface area contributed by atoms with Gasteiger partial charge in [0.25, 0.3) is 0 Å². The molecule has 1 aromatic carbocycles. The number of carbonyl (C=O) groups is 2. The van der Waals surface area contributed by atoms with Gasteiger partial charge in [-0.1, -0.05) is 30.3 Å². The van der Waals surface area contributed by atoms with E-state index in [0.717, 1.165) is 18.4 Å². The van der Waals surface area contributed by atoms with Crippen LogP contribution in [0, 0.1) is 5.41 Å². The van der Waals surface area contributed by atoms with Gasteiger partial charge < -0.3 is 15.7 Å². The van der Waals surface area contributed by atoms with E-state index in [1.54, 1.807) is 0 Å². The van der Waals surface area contributed by atoms with Crippen molar-refractivity contribution in [2.24, 2.45) is 5.41 Å². The second kappa shape index (κ2) is 6.52. The molecule has 0 aromatic heterocycles. The van der Waals surface area contributed by atoms with Gasteiger partial charge in [-0.05, 0) is 24.8 Å². The lowest BCUT2D eigenvalue weighted by Gasteiger charge is -2.12. The van der Waals surface area contributed by atoms with Gasteiger partial charge in [-0.3, -0.25) is 9.59 Å². The van der Waals surface area contributed by atoms with Crippen LogP contribution in [-0.2, 0) is 16.0 Å². The van der Waals surface area contributed by atoms with Crippen molar-refractivity contribution in [2.45, 2.75) is 19.3 Å². The second-order valence-electron chi connectivity index (χ2n) is 5.33. The molecule has 0 radical (unpaired) electrons. The summed E-state index contributed by atoms with van der Waals surface area (Å²) < 4.78 is 0. The number of nitrogens with one attached hydrogen (secondary N) is 2. The molecular weight excluding hydrogens is 256 g/mol. The molecule has 1 fully saturated rings. The Labute approximate surface area is 118 Å². The van der Waals surface area contributed by atoms with E-state index in [1.807, 2.05) is 30.3 Å². The van der Waals surface area contributed by atoms with Crippen LogP contribution in [0.4, 0.5) is 0 Å². The van der Waals surface area contributed by atoms with E-state index in [4.69, 9.17) is 5.11 Å². The third kappa shape index (κ3) is 4.06. The summed E-state index contributed by atoms with van der Waals surface area (Å²) in [6, 6.07) is 9.76. The molecule has 0 bridgehead atoms. The average Bonchev–Trinajstić information content (AvgIpc) is 3.26. The highest BCUT2D eigenvalue weighted by Gasteiger charge is 2.42. The summed E-state index contributed by atoms with van der Waals surface area (Å²) in [6.07, 6.45) is 2.50. The lowest BCUT2D eigenvalue weighted by Crippen LogP contribution is -2.43. The monoisotopic (exact) mass is 276 g/mol. The standard InChI is InChI=1S/C15H20N2O3/c18-11-15(7-8-15)10-17-14(20)13(19)16-9-6-12-4-2-1-3-5-12/h1-5,18H,6-11H2,(H,16,19)(H,17,20). The van der Waals surface area contributed by atoms with Crippen molar-refractivity contribution in [2.75, 3.05) is 19.7 Å². The molecule has 0 saturated heterocycles. The Morgan fingerprint density at radius 1 is 1.10 bits per heavy atom. The number of benzene rings is 1. The average molecular weight is 276 g/mol. The maximum Gasteiger partial charge on any atom is 0.309 e. The van der Waals surface area contributed by atoms with Gasteiger partial charge in [-0.15, -0.1) is 0 Å². The smallest absolute Gasteiger partial charge is 0.309 e. The maximum absolute atomic E-state index is 11.6. The number of amides is 2. The molecule has 5 heteroatoms. The van der Waals surface area contributed by atoms with Crippen LogP contribution in [0.25, 0.3) is 0 Å². The second-order valence-corrected chi connectivity index (χ2v) is 5.33. The molecule has 0 unspecified atom stereocenters. The first-order valence-electron chi connectivity index (χ1n) is 6.86. The summed E-state index contributed by atoms with van der Waals surface area (Å²) in [7, 11) is 0. The molecule has 1 aliphatic rings. The minimum atomic E-state index is -0.627. The molecule has 5 nitrogen and oxygen atoms in total. The molecule has 2 rings (SSSR count). The minimum absolute atomic E-state index is 0.0584. The molecule has 1 saturated carbocycles. The molecular formula is C15H20N2O3. The number of hydrogen-bond acceptors (Lipinski definition) is 3. The molecule has 0 aliphatic heterocycles. The van der Waals surface area contributed by atoms with E-state index in [9.17, 15) is 9.59 Å². The lowest BCUT2D eigenvalue weighted by atomic mass is 10.1. The highest BCUT2D eigenvalue weighted by Crippen LogP contribution is 2.44. The van der Waals surface area contributed by atoms with Crippen LogP contribution >= 0.6 is 0 Å². The number of hydrogen-bond donors (Lipinski definition) is 3. The van der Waals surface area contributed by atoms with Crippen molar-refractivity contribution in [1.82, 2.24) is 10.6 Å². The Bertz CT molecular complexity index is 469.